The van der Waals surface area contributed by atoms with Crippen molar-refractivity contribution in [1.29, 1.82) is 0 Å². The van der Waals surface area contributed by atoms with Crippen molar-refractivity contribution in [2.75, 3.05) is 26.0 Å². The monoisotopic (exact) mass is 572 g/mol. The van der Waals surface area contributed by atoms with Gasteiger partial charge in [0.2, 0.25) is 11.7 Å². The van der Waals surface area contributed by atoms with Crippen molar-refractivity contribution >= 4 is 34.8 Å². The number of amides is 2. The van der Waals surface area contributed by atoms with Crippen LogP contribution in [0, 0.1) is 11.8 Å². The van der Waals surface area contributed by atoms with Gasteiger partial charge in [0.1, 0.15) is 22.8 Å². The summed E-state index contributed by atoms with van der Waals surface area (Å²) in [6.07, 6.45) is -1.68. The number of fused-ring (bicyclic) bond motifs is 3. The quantitative estimate of drug-likeness (QED) is 0.171. The van der Waals surface area contributed by atoms with Crippen LogP contribution in [0.2, 0.25) is 0 Å². The molecule has 5 unspecified atom stereocenters. The molecule has 3 aliphatic rings. The number of Topliss-reactive ketones (excluding diaryl/α,β-unsaturated/α-hetero) is 2. The molecule has 1 fully saturated rings. The summed E-state index contributed by atoms with van der Waals surface area (Å²) in [7, 11) is 2.88. The van der Waals surface area contributed by atoms with Gasteiger partial charge in [0.15, 0.2) is 11.4 Å². The number of hydrogen-bond acceptors (Lipinski definition) is 11. The fraction of sp³-hybridized carbons (Fsp3) is 0.500. The minimum Gasteiger partial charge on any atom is -0.508 e. The average Bonchev–Trinajstić information content (AvgIpc) is 2.85. The van der Waals surface area contributed by atoms with Gasteiger partial charge in [-0.2, -0.15) is 0 Å². The number of benzene rings is 1. The molecular formula is C28H36N4O9. The molecule has 1 aromatic carbocycles. The Morgan fingerprint density at radius 2 is 1.73 bits per heavy atom. The number of rotatable bonds is 5. The fourth-order valence-electron chi connectivity index (χ4n) is 6.26. The van der Waals surface area contributed by atoms with Crippen molar-refractivity contribution in [2.45, 2.75) is 56.9 Å². The smallest absolute Gasteiger partial charge is 0.255 e. The summed E-state index contributed by atoms with van der Waals surface area (Å²) >= 11 is 0. The lowest BCUT2D eigenvalue weighted by Gasteiger charge is -2.53. The molecule has 0 heterocycles. The molecule has 4 rings (SSSR count). The Morgan fingerprint density at radius 3 is 2.27 bits per heavy atom. The number of ketones is 2. The molecule has 0 radical (unpaired) electrons. The maximum atomic E-state index is 14.0. The lowest BCUT2D eigenvalue weighted by atomic mass is 9.54. The molecule has 0 saturated heterocycles. The normalized spacial score (nSPS) is 29.7. The van der Waals surface area contributed by atoms with E-state index in [2.05, 4.69) is 10.6 Å². The summed E-state index contributed by atoms with van der Waals surface area (Å²) in [6.45, 7) is 7.16. The van der Waals surface area contributed by atoms with E-state index in [0.717, 1.165) is 0 Å². The first kappa shape index (κ1) is 30.2. The number of likely N-dealkylation sites (N-methyl/N-ethyl adjacent to an activating group) is 1. The van der Waals surface area contributed by atoms with Crippen molar-refractivity contribution in [1.82, 2.24) is 10.2 Å². The first-order chi connectivity index (χ1) is 18.9. The second kappa shape index (κ2) is 9.94. The second-order valence-corrected chi connectivity index (χ2v) is 12.1. The third-order valence-corrected chi connectivity index (χ3v) is 8.18. The van der Waals surface area contributed by atoms with Crippen LogP contribution in [-0.4, -0.2) is 97.7 Å². The number of nitrogens with zero attached hydrogens (tertiary/aromatic N) is 1. The molecule has 9 N–H and O–H groups in total. The van der Waals surface area contributed by atoms with E-state index in [-0.39, 0.29) is 23.3 Å². The highest BCUT2D eigenvalue weighted by atomic mass is 16.4. The van der Waals surface area contributed by atoms with Crippen LogP contribution < -0.4 is 16.4 Å². The van der Waals surface area contributed by atoms with E-state index in [9.17, 15) is 44.7 Å². The van der Waals surface area contributed by atoms with E-state index in [1.165, 1.54) is 31.1 Å². The number of phenolic OH excluding ortho intramolecular Hbond substituents is 1. The van der Waals surface area contributed by atoms with Gasteiger partial charge in [0.05, 0.1) is 35.9 Å². The molecule has 3 aliphatic carbocycles. The number of nitrogens with one attached hydrogen (secondary N) is 2. The van der Waals surface area contributed by atoms with E-state index in [1.807, 2.05) is 20.8 Å². The highest BCUT2D eigenvalue weighted by Gasteiger charge is 2.68. The molecule has 222 valence electrons. The maximum Gasteiger partial charge on any atom is 0.255 e. The first-order valence-electron chi connectivity index (χ1n) is 13.1. The number of carbonyl (C=O) groups is 4. The average molecular weight is 573 g/mol. The predicted octanol–water partition coefficient (Wildman–Crippen LogP) is -0.178. The lowest BCUT2D eigenvalue weighted by molar-refractivity contribution is -0.169. The zero-order valence-electron chi connectivity index (χ0n) is 23.6. The molecule has 1 saturated carbocycles. The number of carbonyl (C=O) groups excluding carboxylic acids is 4. The number of nitrogens with two attached hydrogens (primary N) is 1. The van der Waals surface area contributed by atoms with Crippen LogP contribution in [0.15, 0.2) is 29.0 Å². The Kier molecular flexibility index (Phi) is 7.32. The summed E-state index contributed by atoms with van der Waals surface area (Å²) in [5, 5.41) is 62.4. The van der Waals surface area contributed by atoms with Crippen LogP contribution >= 0.6 is 0 Å². The van der Waals surface area contributed by atoms with Crippen LogP contribution in [0.3, 0.4) is 0 Å². The van der Waals surface area contributed by atoms with Crippen LogP contribution in [0.4, 0.5) is 5.69 Å². The maximum absolute atomic E-state index is 14.0. The number of primary amides is 1. The standard InChI is InChI=1S/C28H36N4O9/c1-10-11-7-8-12(31-13(33)9-30-27(2,3)4)20(34)15(11)21(35)16-14(10)22(36)18-19(32(5)6)23(37)17(26(29)40)25(39)28(18,41)24(16)38/h7-8,10,14,18-19,22,30,34-36,39,41H,9H2,1-6H3,(H2,29,40)(H,31,33)/t10?,14?,18?,19-,22?,28?/m0/s1. The van der Waals surface area contributed by atoms with Crippen molar-refractivity contribution < 1.29 is 44.7 Å². The lowest BCUT2D eigenvalue weighted by Crippen LogP contribution is -2.70. The van der Waals surface area contributed by atoms with Crippen molar-refractivity contribution in [3.8, 4) is 5.75 Å². The summed E-state index contributed by atoms with van der Waals surface area (Å²) in [5.41, 5.74) is 0.547. The molecule has 0 bridgehead atoms. The fourth-order valence-corrected chi connectivity index (χ4v) is 6.26. The van der Waals surface area contributed by atoms with Crippen LogP contribution in [-0.2, 0) is 19.2 Å². The van der Waals surface area contributed by atoms with Gasteiger partial charge in [-0.3, -0.25) is 24.1 Å². The van der Waals surface area contributed by atoms with Gasteiger partial charge in [-0.1, -0.05) is 13.0 Å². The van der Waals surface area contributed by atoms with Gasteiger partial charge in [0.25, 0.3) is 5.91 Å². The third-order valence-electron chi connectivity index (χ3n) is 8.18. The number of hydrogen-bond donors (Lipinski definition) is 8. The topological polar surface area (TPSA) is 223 Å². The van der Waals surface area contributed by atoms with Crippen molar-refractivity contribution in [2.24, 2.45) is 17.6 Å². The van der Waals surface area contributed by atoms with Gasteiger partial charge in [-0.05, 0) is 52.4 Å². The minimum absolute atomic E-state index is 0.0580. The Hall–Kier alpha value is -3.78. The Bertz CT molecular complexity index is 1420. The van der Waals surface area contributed by atoms with Gasteiger partial charge >= 0.3 is 0 Å². The Balaban J connectivity index is 1.88. The highest BCUT2D eigenvalue weighted by Crippen LogP contribution is 2.56. The summed E-state index contributed by atoms with van der Waals surface area (Å²) in [5.74, 6) is -10.3. The molecule has 6 atom stereocenters. The molecule has 1 aromatic rings. The molecule has 0 aliphatic heterocycles. The molecule has 2 amide bonds. The van der Waals surface area contributed by atoms with E-state index < -0.39 is 87.3 Å². The Morgan fingerprint density at radius 1 is 1.12 bits per heavy atom. The predicted molar refractivity (Wildman–Crippen MR) is 147 cm³/mol. The van der Waals surface area contributed by atoms with E-state index >= 15 is 0 Å². The van der Waals surface area contributed by atoms with Crippen molar-refractivity contribution in [3.05, 3.63) is 40.2 Å². The molecule has 0 aromatic heterocycles. The molecule has 0 spiro atoms. The number of aromatic hydroxyl groups is 1. The SMILES string of the molecule is CC1c2ccc(NC(=O)CNC(C)(C)C)c(O)c2C(O)=C2C(=O)C3(O)C(O)=C(C(N)=O)C(=O)[C@@H](N(C)C)C3C(O)C21. The Labute approximate surface area is 236 Å². The first-order valence-corrected chi connectivity index (χ1v) is 13.1. The van der Waals surface area contributed by atoms with E-state index in [4.69, 9.17) is 5.73 Å². The van der Waals surface area contributed by atoms with Crippen LogP contribution in [0.5, 0.6) is 5.75 Å². The van der Waals surface area contributed by atoms with E-state index in [0.29, 0.717) is 5.56 Å². The van der Waals surface area contributed by atoms with Gasteiger partial charge in [0, 0.05) is 17.0 Å². The van der Waals surface area contributed by atoms with Gasteiger partial charge in [-0.15, -0.1) is 0 Å². The molecular weight excluding hydrogens is 536 g/mol. The number of phenols is 1. The van der Waals surface area contributed by atoms with Gasteiger partial charge < -0.3 is 41.9 Å². The number of anilines is 1. The second-order valence-electron chi connectivity index (χ2n) is 12.1. The minimum atomic E-state index is -3.00. The van der Waals surface area contributed by atoms with Crippen LogP contribution in [0.25, 0.3) is 5.76 Å². The highest BCUT2D eigenvalue weighted by molar-refractivity contribution is 6.24. The molecule has 13 heteroatoms. The van der Waals surface area contributed by atoms with Gasteiger partial charge in [-0.25, -0.2) is 0 Å². The summed E-state index contributed by atoms with van der Waals surface area (Å²) < 4.78 is 0. The molecule has 41 heavy (non-hydrogen) atoms. The van der Waals surface area contributed by atoms with Crippen molar-refractivity contribution in [3.63, 3.8) is 0 Å². The summed E-state index contributed by atoms with van der Waals surface area (Å²) in [6, 6.07) is 1.52. The zero-order chi connectivity index (χ0) is 30.9. The zero-order valence-corrected chi connectivity index (χ0v) is 23.6. The molecule has 13 nitrogen and oxygen atoms in total. The third kappa shape index (κ3) is 4.49. The number of aliphatic hydroxyl groups excluding tert-OH is 3. The van der Waals surface area contributed by atoms with Crippen LogP contribution in [0.1, 0.15) is 44.7 Å². The summed E-state index contributed by atoms with van der Waals surface area (Å²) in [4.78, 5) is 53.2. The number of aliphatic hydroxyl groups is 4. The largest absolute Gasteiger partial charge is 0.508 e. The van der Waals surface area contributed by atoms with E-state index in [1.54, 1.807) is 6.92 Å².